The highest BCUT2D eigenvalue weighted by atomic mass is 79.9. The van der Waals surface area contributed by atoms with Crippen molar-refractivity contribution in [1.82, 2.24) is 0 Å². The summed E-state index contributed by atoms with van der Waals surface area (Å²) in [5.41, 5.74) is 0.626. The van der Waals surface area contributed by atoms with Crippen LogP contribution in [-0.4, -0.2) is 11.9 Å². The number of aliphatic imine (C=N–C) groups is 1. The molecule has 0 atom stereocenters. The molecular formula is C14H7BrFNO3. The molecule has 4 nitrogen and oxygen atoms in total. The van der Waals surface area contributed by atoms with Gasteiger partial charge in [-0.25, -0.2) is 14.2 Å². The molecule has 100 valence electrons. The zero-order valence-corrected chi connectivity index (χ0v) is 11.6. The normalized spacial score (nSPS) is 16.4. The van der Waals surface area contributed by atoms with Crippen LogP contribution >= 0.6 is 15.9 Å². The molecule has 0 fully saturated rings. The van der Waals surface area contributed by atoms with E-state index in [0.717, 1.165) is 0 Å². The van der Waals surface area contributed by atoms with Crippen molar-refractivity contribution in [3.05, 3.63) is 63.9 Å². The van der Waals surface area contributed by atoms with Crippen molar-refractivity contribution in [3.63, 3.8) is 0 Å². The minimum Gasteiger partial charge on any atom is -0.444 e. The Labute approximate surface area is 121 Å². The van der Waals surface area contributed by atoms with E-state index in [0.29, 0.717) is 16.0 Å². The maximum atomic E-state index is 13.1. The third-order valence-corrected chi connectivity index (χ3v) is 2.98. The smallest absolute Gasteiger partial charge is 0.363 e. The largest absolute Gasteiger partial charge is 0.444 e. The minimum atomic E-state index is -0.600. The van der Waals surface area contributed by atoms with Gasteiger partial charge in [0, 0.05) is 0 Å². The van der Waals surface area contributed by atoms with Crippen LogP contribution in [0.2, 0.25) is 0 Å². The van der Waals surface area contributed by atoms with Crippen molar-refractivity contribution in [2.24, 2.45) is 4.99 Å². The van der Waals surface area contributed by atoms with Gasteiger partial charge < -0.3 is 9.15 Å². The number of esters is 1. The number of carbonyl (C=O) groups excluding carboxylic acids is 1. The maximum Gasteiger partial charge on any atom is 0.363 e. The maximum absolute atomic E-state index is 13.1. The summed E-state index contributed by atoms with van der Waals surface area (Å²) in [5.74, 6) is -0.558. The first-order valence-electron chi connectivity index (χ1n) is 5.66. The number of cyclic esters (lactones) is 1. The van der Waals surface area contributed by atoms with E-state index in [2.05, 4.69) is 20.9 Å². The molecule has 0 saturated carbocycles. The Balaban J connectivity index is 1.94. The molecule has 0 amide bonds. The number of halogens is 2. The molecule has 2 heterocycles. The van der Waals surface area contributed by atoms with Gasteiger partial charge >= 0.3 is 5.97 Å². The highest BCUT2D eigenvalue weighted by molar-refractivity contribution is 9.10. The van der Waals surface area contributed by atoms with Crippen molar-refractivity contribution in [2.45, 2.75) is 0 Å². The van der Waals surface area contributed by atoms with Crippen molar-refractivity contribution in [2.75, 3.05) is 0 Å². The summed E-state index contributed by atoms with van der Waals surface area (Å²) in [6.07, 6.45) is 1.45. The van der Waals surface area contributed by atoms with Gasteiger partial charge in [-0.1, -0.05) is 12.1 Å². The first kappa shape index (κ1) is 12.8. The van der Waals surface area contributed by atoms with Crippen LogP contribution in [0.5, 0.6) is 0 Å². The van der Waals surface area contributed by atoms with E-state index in [9.17, 15) is 9.18 Å². The molecule has 1 aliphatic heterocycles. The number of furan rings is 1. The topological polar surface area (TPSA) is 51.8 Å². The second-order valence-corrected chi connectivity index (χ2v) is 4.78. The van der Waals surface area contributed by atoms with Crippen molar-refractivity contribution in [1.29, 1.82) is 0 Å². The highest BCUT2D eigenvalue weighted by Gasteiger charge is 2.26. The van der Waals surface area contributed by atoms with Gasteiger partial charge in [0.2, 0.25) is 0 Å². The number of carbonyl (C=O) groups is 1. The van der Waals surface area contributed by atoms with Crippen LogP contribution in [-0.2, 0) is 9.53 Å². The summed E-state index contributed by atoms with van der Waals surface area (Å²) in [4.78, 5) is 15.7. The first-order chi connectivity index (χ1) is 9.61. The van der Waals surface area contributed by atoms with Crippen LogP contribution in [0.1, 0.15) is 11.3 Å². The quantitative estimate of drug-likeness (QED) is 0.623. The average molecular weight is 336 g/mol. The summed E-state index contributed by atoms with van der Waals surface area (Å²) in [5, 5.41) is 0. The van der Waals surface area contributed by atoms with Crippen molar-refractivity contribution in [3.8, 4) is 0 Å². The fraction of sp³-hybridized carbons (Fsp3) is 0. The third kappa shape index (κ3) is 2.55. The molecule has 0 radical (unpaired) electrons. The molecule has 0 N–H and O–H groups in total. The van der Waals surface area contributed by atoms with Gasteiger partial charge in [-0.05, 0) is 51.8 Å². The average Bonchev–Trinajstić information content (AvgIpc) is 2.97. The molecule has 0 unspecified atom stereocenters. The van der Waals surface area contributed by atoms with Crippen LogP contribution < -0.4 is 0 Å². The lowest BCUT2D eigenvalue weighted by Crippen LogP contribution is -2.04. The van der Waals surface area contributed by atoms with E-state index in [1.54, 1.807) is 24.3 Å². The Kier molecular flexibility index (Phi) is 3.23. The number of ether oxygens (including phenoxy) is 1. The number of hydrogen-bond donors (Lipinski definition) is 0. The summed E-state index contributed by atoms with van der Waals surface area (Å²) < 4.78 is 23.9. The Morgan fingerprint density at radius 3 is 2.80 bits per heavy atom. The second-order valence-electron chi connectivity index (χ2n) is 3.99. The van der Waals surface area contributed by atoms with Gasteiger partial charge in [0.05, 0.1) is 0 Å². The van der Waals surface area contributed by atoms with Gasteiger partial charge in [0.15, 0.2) is 16.1 Å². The van der Waals surface area contributed by atoms with E-state index in [1.807, 2.05) is 0 Å². The van der Waals surface area contributed by atoms with Gasteiger partial charge in [-0.2, -0.15) is 0 Å². The Morgan fingerprint density at radius 1 is 1.25 bits per heavy atom. The van der Waals surface area contributed by atoms with Crippen LogP contribution in [0.15, 0.2) is 56.2 Å². The Morgan fingerprint density at radius 2 is 2.10 bits per heavy atom. The number of rotatable bonds is 2. The molecule has 1 aromatic heterocycles. The van der Waals surface area contributed by atoms with Gasteiger partial charge in [0.1, 0.15) is 5.82 Å². The SMILES string of the molecule is O=C1OC(c2ccc(Br)o2)=N/C1=C/c1cccc(F)c1. The molecular weight excluding hydrogens is 329 g/mol. The van der Waals surface area contributed by atoms with E-state index in [1.165, 1.54) is 18.2 Å². The van der Waals surface area contributed by atoms with Crippen LogP contribution in [0, 0.1) is 5.82 Å². The highest BCUT2D eigenvalue weighted by Crippen LogP contribution is 2.22. The van der Waals surface area contributed by atoms with E-state index in [4.69, 9.17) is 9.15 Å². The number of nitrogens with zero attached hydrogens (tertiary/aromatic N) is 1. The first-order valence-corrected chi connectivity index (χ1v) is 6.45. The molecule has 2 aromatic rings. The molecule has 0 saturated heterocycles. The predicted octanol–water partition coefficient (Wildman–Crippen LogP) is 3.53. The van der Waals surface area contributed by atoms with Crippen LogP contribution in [0.3, 0.4) is 0 Å². The van der Waals surface area contributed by atoms with Gasteiger partial charge in [-0.3, -0.25) is 0 Å². The molecule has 0 aliphatic carbocycles. The molecule has 6 heteroatoms. The molecule has 0 spiro atoms. The fourth-order valence-corrected chi connectivity index (χ4v) is 2.00. The summed E-state index contributed by atoms with van der Waals surface area (Å²) in [7, 11) is 0. The fourth-order valence-electron chi connectivity index (χ4n) is 1.70. The van der Waals surface area contributed by atoms with E-state index in [-0.39, 0.29) is 17.4 Å². The Bertz CT molecular complexity index is 748. The summed E-state index contributed by atoms with van der Waals surface area (Å²) >= 11 is 3.15. The zero-order valence-electron chi connectivity index (χ0n) is 9.97. The molecule has 3 rings (SSSR count). The Hall–Kier alpha value is -2.21. The lowest BCUT2D eigenvalue weighted by atomic mass is 10.2. The number of hydrogen-bond acceptors (Lipinski definition) is 4. The minimum absolute atomic E-state index is 0.0864. The molecule has 20 heavy (non-hydrogen) atoms. The summed E-state index contributed by atoms with van der Waals surface area (Å²) in [6, 6.07) is 9.14. The number of benzene rings is 1. The lowest BCUT2D eigenvalue weighted by Gasteiger charge is -1.94. The van der Waals surface area contributed by atoms with Crippen molar-refractivity contribution >= 4 is 33.9 Å². The molecule has 1 aromatic carbocycles. The van der Waals surface area contributed by atoms with Crippen LogP contribution in [0.25, 0.3) is 6.08 Å². The third-order valence-electron chi connectivity index (χ3n) is 2.56. The van der Waals surface area contributed by atoms with Gasteiger partial charge in [0.25, 0.3) is 5.90 Å². The predicted molar refractivity (Wildman–Crippen MR) is 73.4 cm³/mol. The van der Waals surface area contributed by atoms with Crippen LogP contribution in [0.4, 0.5) is 4.39 Å². The van der Waals surface area contributed by atoms with Crippen molar-refractivity contribution < 1.29 is 18.3 Å². The molecule has 1 aliphatic rings. The zero-order chi connectivity index (χ0) is 14.1. The lowest BCUT2D eigenvalue weighted by molar-refractivity contribution is -0.130. The van der Waals surface area contributed by atoms with E-state index < -0.39 is 5.97 Å². The standard InChI is InChI=1S/C14H7BrFNO3/c15-12-5-4-11(19-12)13-17-10(14(18)20-13)7-8-2-1-3-9(16)6-8/h1-7H/b10-7+. The van der Waals surface area contributed by atoms with E-state index >= 15 is 0 Å². The monoisotopic (exact) mass is 335 g/mol. The molecule has 0 bridgehead atoms. The summed E-state index contributed by atoms with van der Waals surface area (Å²) in [6.45, 7) is 0. The second kappa shape index (κ2) is 5.05. The van der Waals surface area contributed by atoms with Gasteiger partial charge in [-0.15, -0.1) is 0 Å².